The fourth-order valence-corrected chi connectivity index (χ4v) is 3.23. The normalized spacial score (nSPS) is 12.2. The molecule has 1 unspecified atom stereocenters. The number of nitro groups is 1. The van der Waals surface area contributed by atoms with E-state index in [1.165, 1.54) is 12.1 Å². The van der Waals surface area contributed by atoms with Gasteiger partial charge in [-0.3, -0.25) is 10.1 Å². The van der Waals surface area contributed by atoms with Gasteiger partial charge in [0, 0.05) is 22.0 Å². The summed E-state index contributed by atoms with van der Waals surface area (Å²) in [4.78, 5) is 10.3. The summed E-state index contributed by atoms with van der Waals surface area (Å²) < 4.78 is 0. The number of benzene rings is 2. The Morgan fingerprint density at radius 2 is 1.90 bits per heavy atom. The lowest BCUT2D eigenvalue weighted by atomic mass is 10.0. The van der Waals surface area contributed by atoms with Crippen molar-refractivity contribution in [2.75, 3.05) is 0 Å². The number of hydrogen-bond donors (Lipinski definition) is 0. The summed E-state index contributed by atoms with van der Waals surface area (Å²) in [5, 5.41) is 11.3. The molecule has 2 aromatic carbocycles. The predicted molar refractivity (Wildman–Crippen MR) is 84.7 cm³/mol. The van der Waals surface area contributed by atoms with Crippen molar-refractivity contribution in [1.82, 2.24) is 0 Å². The van der Waals surface area contributed by atoms with Gasteiger partial charge in [-0.15, -0.1) is 0 Å². The quantitative estimate of drug-likeness (QED) is 0.428. The van der Waals surface area contributed by atoms with Crippen molar-refractivity contribution < 1.29 is 4.92 Å². The maximum absolute atomic E-state index is 10.6. The second-order valence-corrected chi connectivity index (χ2v) is 6.13. The van der Waals surface area contributed by atoms with E-state index in [9.17, 15) is 10.1 Å². The van der Waals surface area contributed by atoms with Gasteiger partial charge < -0.3 is 0 Å². The molecule has 0 bridgehead atoms. The summed E-state index contributed by atoms with van der Waals surface area (Å²) in [6, 6.07) is 12.5. The molecule has 0 saturated carbocycles. The van der Waals surface area contributed by atoms with Crippen LogP contribution in [0.25, 0.3) is 0 Å². The minimum atomic E-state index is -0.397. The van der Waals surface area contributed by atoms with Crippen molar-refractivity contribution in [3.63, 3.8) is 0 Å². The molecule has 2 rings (SSSR count). The second-order valence-electron chi connectivity index (χ2n) is 4.62. The Labute approximate surface area is 130 Å². The molecule has 104 valence electrons. The van der Waals surface area contributed by atoms with Gasteiger partial charge >= 0.3 is 0 Å². The van der Waals surface area contributed by atoms with Gasteiger partial charge in [0.2, 0.25) is 0 Å². The molecular formula is C15H13BrClNO2. The predicted octanol–water partition coefficient (Wildman–Crippen LogP) is 5.24. The molecule has 5 heteroatoms. The first kappa shape index (κ1) is 15.0. The van der Waals surface area contributed by atoms with Crippen molar-refractivity contribution in [1.29, 1.82) is 0 Å². The Hall–Kier alpha value is -1.39. The number of aryl methyl sites for hydroxylation is 1. The van der Waals surface area contributed by atoms with E-state index in [1.54, 1.807) is 12.1 Å². The molecule has 0 aromatic heterocycles. The molecule has 0 aliphatic heterocycles. The smallest absolute Gasteiger partial charge is 0.258 e. The molecule has 2 aromatic rings. The molecule has 3 nitrogen and oxygen atoms in total. The highest BCUT2D eigenvalue weighted by molar-refractivity contribution is 9.09. The van der Waals surface area contributed by atoms with Crippen LogP contribution >= 0.6 is 27.5 Å². The lowest BCUT2D eigenvalue weighted by molar-refractivity contribution is -0.384. The average Bonchev–Trinajstić information content (AvgIpc) is 2.39. The minimum Gasteiger partial charge on any atom is -0.258 e. The van der Waals surface area contributed by atoms with Gasteiger partial charge in [-0.2, -0.15) is 0 Å². The third-order valence-corrected chi connectivity index (χ3v) is 4.20. The molecule has 0 N–H and O–H groups in total. The SMILES string of the molecule is Cc1ccc(C(Br)Cc2ccc([N+](=O)[O-])cc2)c(Cl)c1. The number of halogens is 2. The summed E-state index contributed by atoms with van der Waals surface area (Å²) in [7, 11) is 0. The van der Waals surface area contributed by atoms with E-state index in [-0.39, 0.29) is 10.5 Å². The Bertz CT molecular complexity index is 628. The van der Waals surface area contributed by atoms with Crippen LogP contribution in [0, 0.1) is 17.0 Å². The molecule has 0 spiro atoms. The van der Waals surface area contributed by atoms with E-state index in [4.69, 9.17) is 11.6 Å². The summed E-state index contributed by atoms with van der Waals surface area (Å²) in [5.74, 6) is 0. The average molecular weight is 355 g/mol. The summed E-state index contributed by atoms with van der Waals surface area (Å²) in [6.07, 6.45) is 0.723. The fourth-order valence-electron chi connectivity index (χ4n) is 1.96. The van der Waals surface area contributed by atoms with Crippen LogP contribution < -0.4 is 0 Å². The monoisotopic (exact) mass is 353 g/mol. The lowest BCUT2D eigenvalue weighted by Crippen LogP contribution is -1.97. The van der Waals surface area contributed by atoms with Crippen LogP contribution in [-0.4, -0.2) is 4.92 Å². The highest BCUT2D eigenvalue weighted by atomic mass is 79.9. The molecular weight excluding hydrogens is 342 g/mol. The fraction of sp³-hybridized carbons (Fsp3) is 0.200. The summed E-state index contributed by atoms with van der Waals surface area (Å²) in [6.45, 7) is 2.00. The zero-order valence-corrected chi connectivity index (χ0v) is 13.2. The largest absolute Gasteiger partial charge is 0.269 e. The summed E-state index contributed by atoms with van der Waals surface area (Å²) in [5.41, 5.74) is 3.27. The number of nitrogens with zero attached hydrogens (tertiary/aromatic N) is 1. The van der Waals surface area contributed by atoms with Crippen molar-refractivity contribution in [3.8, 4) is 0 Å². The van der Waals surface area contributed by atoms with E-state index < -0.39 is 4.92 Å². The second kappa shape index (κ2) is 6.37. The van der Waals surface area contributed by atoms with E-state index in [0.717, 1.165) is 28.1 Å². The standard InChI is InChI=1S/C15H13BrClNO2/c1-10-2-7-13(15(17)8-10)14(16)9-11-3-5-12(6-4-11)18(19)20/h2-8,14H,9H2,1H3. The van der Waals surface area contributed by atoms with Gasteiger partial charge in [0.25, 0.3) is 5.69 Å². The Morgan fingerprint density at radius 3 is 2.45 bits per heavy atom. The van der Waals surface area contributed by atoms with Gasteiger partial charge in [0.15, 0.2) is 0 Å². The van der Waals surface area contributed by atoms with E-state index in [0.29, 0.717) is 0 Å². The van der Waals surface area contributed by atoms with Crippen LogP contribution in [0.4, 0.5) is 5.69 Å². The maximum atomic E-state index is 10.6. The van der Waals surface area contributed by atoms with Crippen LogP contribution in [-0.2, 0) is 6.42 Å². The van der Waals surface area contributed by atoms with Gasteiger partial charge in [0.1, 0.15) is 0 Å². The molecule has 1 atom stereocenters. The highest BCUT2D eigenvalue weighted by Gasteiger charge is 2.13. The van der Waals surface area contributed by atoms with Crippen LogP contribution in [0.15, 0.2) is 42.5 Å². The Kier molecular flexibility index (Phi) is 4.78. The third-order valence-electron chi connectivity index (χ3n) is 3.06. The van der Waals surface area contributed by atoms with Crippen molar-refractivity contribution in [3.05, 3.63) is 74.3 Å². The Balaban J connectivity index is 2.14. The van der Waals surface area contributed by atoms with Gasteiger partial charge in [-0.25, -0.2) is 0 Å². The molecule has 0 heterocycles. The van der Waals surface area contributed by atoms with Crippen LogP contribution in [0.3, 0.4) is 0 Å². The van der Waals surface area contributed by atoms with Crippen LogP contribution in [0.5, 0.6) is 0 Å². The lowest BCUT2D eigenvalue weighted by Gasteiger charge is -2.12. The number of hydrogen-bond acceptors (Lipinski definition) is 2. The minimum absolute atomic E-state index is 0.0806. The molecule has 0 saturated heterocycles. The van der Waals surface area contributed by atoms with Crippen LogP contribution in [0.1, 0.15) is 21.5 Å². The molecule has 20 heavy (non-hydrogen) atoms. The zero-order chi connectivity index (χ0) is 14.7. The van der Waals surface area contributed by atoms with Gasteiger partial charge in [-0.05, 0) is 36.1 Å². The van der Waals surface area contributed by atoms with Gasteiger partial charge in [-0.1, -0.05) is 51.8 Å². The zero-order valence-electron chi connectivity index (χ0n) is 10.8. The first-order valence-electron chi connectivity index (χ1n) is 6.11. The first-order valence-corrected chi connectivity index (χ1v) is 7.40. The summed E-state index contributed by atoms with van der Waals surface area (Å²) >= 11 is 9.87. The molecule has 0 aliphatic carbocycles. The van der Waals surface area contributed by atoms with Crippen molar-refractivity contribution in [2.24, 2.45) is 0 Å². The maximum Gasteiger partial charge on any atom is 0.269 e. The third kappa shape index (κ3) is 3.58. The van der Waals surface area contributed by atoms with Crippen molar-refractivity contribution >= 4 is 33.2 Å². The van der Waals surface area contributed by atoms with Crippen LogP contribution in [0.2, 0.25) is 5.02 Å². The Morgan fingerprint density at radius 1 is 1.25 bits per heavy atom. The topological polar surface area (TPSA) is 43.1 Å². The number of rotatable bonds is 4. The molecule has 0 fully saturated rings. The number of non-ortho nitro benzene ring substituents is 1. The number of alkyl halides is 1. The molecule has 0 radical (unpaired) electrons. The molecule has 0 amide bonds. The van der Waals surface area contributed by atoms with Crippen molar-refractivity contribution in [2.45, 2.75) is 18.2 Å². The molecule has 0 aliphatic rings. The van der Waals surface area contributed by atoms with E-state index in [1.807, 2.05) is 25.1 Å². The van der Waals surface area contributed by atoms with E-state index in [2.05, 4.69) is 15.9 Å². The number of nitro benzene ring substituents is 1. The first-order chi connectivity index (χ1) is 9.47. The van der Waals surface area contributed by atoms with E-state index >= 15 is 0 Å². The highest BCUT2D eigenvalue weighted by Crippen LogP contribution is 2.33. The van der Waals surface area contributed by atoms with Gasteiger partial charge in [0.05, 0.1) is 4.92 Å².